The number of amides is 1. The first kappa shape index (κ1) is 16.8. The van der Waals surface area contributed by atoms with Gasteiger partial charge in [-0.05, 0) is 43.4 Å². The van der Waals surface area contributed by atoms with Crippen LogP contribution in [0, 0.1) is 16.7 Å². The molecule has 0 saturated carbocycles. The average Bonchev–Trinajstić information content (AvgIpc) is 3.24. The van der Waals surface area contributed by atoms with E-state index in [0.29, 0.717) is 11.1 Å². The molecule has 1 amide bonds. The molecule has 4 heteroatoms. The fraction of sp³-hybridized carbons (Fsp3) is 0.364. The molecule has 1 N–H and O–H groups in total. The third-order valence-corrected chi connectivity index (χ3v) is 6.08. The highest BCUT2D eigenvalue weighted by atomic mass is 16.3. The predicted octanol–water partition coefficient (Wildman–Crippen LogP) is 3.16. The number of aliphatic hydroxyl groups excluding tert-OH is 1. The molecule has 2 saturated heterocycles. The molecule has 0 radical (unpaired) electrons. The van der Waals surface area contributed by atoms with Gasteiger partial charge in [-0.2, -0.15) is 5.26 Å². The van der Waals surface area contributed by atoms with Gasteiger partial charge in [-0.3, -0.25) is 4.79 Å². The third-order valence-electron chi connectivity index (χ3n) is 6.08. The van der Waals surface area contributed by atoms with Crippen molar-refractivity contribution in [1.29, 1.82) is 5.26 Å². The summed E-state index contributed by atoms with van der Waals surface area (Å²) in [4.78, 5) is 15.2. The number of nitriles is 1. The Hall–Kier alpha value is -2.64. The maximum absolute atomic E-state index is 13.2. The molecule has 2 aromatic rings. The lowest BCUT2D eigenvalue weighted by atomic mass is 9.70. The van der Waals surface area contributed by atoms with Crippen LogP contribution in [0.3, 0.4) is 0 Å². The van der Waals surface area contributed by atoms with Crippen molar-refractivity contribution in [3.05, 3.63) is 71.3 Å². The van der Waals surface area contributed by atoms with E-state index < -0.39 is 0 Å². The molecule has 2 heterocycles. The monoisotopic (exact) mass is 346 g/mol. The van der Waals surface area contributed by atoms with E-state index in [-0.39, 0.29) is 30.0 Å². The number of benzene rings is 2. The molecule has 0 aromatic heterocycles. The molecule has 132 valence electrons. The van der Waals surface area contributed by atoms with Crippen LogP contribution in [-0.2, 0) is 6.42 Å². The highest BCUT2D eigenvalue weighted by Crippen LogP contribution is 2.51. The van der Waals surface area contributed by atoms with Gasteiger partial charge in [0.25, 0.3) is 5.91 Å². The summed E-state index contributed by atoms with van der Waals surface area (Å²) in [6.45, 7) is 0.0761. The fourth-order valence-electron chi connectivity index (χ4n) is 4.92. The molecule has 0 unspecified atom stereocenters. The summed E-state index contributed by atoms with van der Waals surface area (Å²) in [5, 5.41) is 19.6. The first-order valence-electron chi connectivity index (χ1n) is 9.15. The molecular formula is C22H22N2O2. The van der Waals surface area contributed by atoms with Gasteiger partial charge in [-0.1, -0.05) is 42.5 Å². The SMILES string of the molecule is N#Cc1ccccc1C(=O)N1[C@H]2CC[C@@H]1[C@@](CO)(Cc1ccccc1)C2. The molecular weight excluding hydrogens is 324 g/mol. The van der Waals surface area contributed by atoms with Crippen LogP contribution >= 0.6 is 0 Å². The molecule has 26 heavy (non-hydrogen) atoms. The van der Waals surface area contributed by atoms with Crippen molar-refractivity contribution in [1.82, 2.24) is 4.90 Å². The van der Waals surface area contributed by atoms with Crippen molar-refractivity contribution < 1.29 is 9.90 Å². The van der Waals surface area contributed by atoms with E-state index in [9.17, 15) is 15.2 Å². The zero-order chi connectivity index (χ0) is 18.1. The predicted molar refractivity (Wildman–Crippen MR) is 98.4 cm³/mol. The average molecular weight is 346 g/mol. The van der Waals surface area contributed by atoms with Crippen molar-refractivity contribution in [3.8, 4) is 6.07 Å². The van der Waals surface area contributed by atoms with Crippen LogP contribution in [0.5, 0.6) is 0 Å². The Morgan fingerprint density at radius 1 is 1.15 bits per heavy atom. The van der Waals surface area contributed by atoms with E-state index in [1.807, 2.05) is 23.1 Å². The molecule has 2 bridgehead atoms. The summed E-state index contributed by atoms with van der Waals surface area (Å²) in [5.41, 5.74) is 1.79. The lowest BCUT2D eigenvalue weighted by Crippen LogP contribution is -2.44. The Morgan fingerprint density at radius 3 is 2.62 bits per heavy atom. The Bertz CT molecular complexity index is 858. The molecule has 4 nitrogen and oxygen atoms in total. The lowest BCUT2D eigenvalue weighted by Gasteiger charge is -2.36. The van der Waals surface area contributed by atoms with Crippen LogP contribution in [0.4, 0.5) is 0 Å². The minimum absolute atomic E-state index is 0.0250. The number of hydrogen-bond donors (Lipinski definition) is 1. The second-order valence-corrected chi connectivity index (χ2v) is 7.50. The number of nitrogens with zero attached hydrogens (tertiary/aromatic N) is 2. The maximum Gasteiger partial charge on any atom is 0.255 e. The number of carbonyl (C=O) groups is 1. The highest BCUT2D eigenvalue weighted by molar-refractivity contribution is 5.97. The Kier molecular flexibility index (Phi) is 4.26. The second kappa shape index (κ2) is 6.59. The van der Waals surface area contributed by atoms with Crippen LogP contribution in [-0.4, -0.2) is 34.6 Å². The molecule has 0 aliphatic carbocycles. The summed E-state index contributed by atoms with van der Waals surface area (Å²) in [6, 6.07) is 19.5. The van der Waals surface area contributed by atoms with E-state index in [1.165, 1.54) is 5.56 Å². The van der Waals surface area contributed by atoms with Gasteiger partial charge >= 0.3 is 0 Å². The standard InChI is InChI=1S/C22H22N2O2/c23-14-17-8-4-5-9-19(17)21(26)24-18-10-11-20(24)22(13-18,15-25)12-16-6-2-1-3-7-16/h1-9,18,20,25H,10-13,15H2/t18-,20+,22-/m0/s1. The van der Waals surface area contributed by atoms with Crippen LogP contribution in [0.25, 0.3) is 0 Å². The van der Waals surface area contributed by atoms with E-state index in [4.69, 9.17) is 0 Å². The molecule has 2 fully saturated rings. The van der Waals surface area contributed by atoms with Crippen molar-refractivity contribution in [2.45, 2.75) is 37.8 Å². The van der Waals surface area contributed by atoms with Crippen molar-refractivity contribution in [3.63, 3.8) is 0 Å². The summed E-state index contributed by atoms with van der Waals surface area (Å²) in [7, 11) is 0. The Morgan fingerprint density at radius 2 is 1.88 bits per heavy atom. The zero-order valence-electron chi connectivity index (χ0n) is 14.6. The van der Waals surface area contributed by atoms with Gasteiger partial charge in [0.2, 0.25) is 0 Å². The molecule has 0 spiro atoms. The summed E-state index contributed by atoms with van der Waals surface area (Å²) in [6.07, 6.45) is 3.49. The number of aliphatic hydroxyl groups is 1. The quantitative estimate of drug-likeness (QED) is 0.925. The van der Waals surface area contributed by atoms with Gasteiger partial charge in [0.15, 0.2) is 0 Å². The van der Waals surface area contributed by atoms with E-state index >= 15 is 0 Å². The first-order chi connectivity index (χ1) is 12.7. The van der Waals surface area contributed by atoms with E-state index in [0.717, 1.165) is 25.7 Å². The summed E-state index contributed by atoms with van der Waals surface area (Å²) >= 11 is 0. The van der Waals surface area contributed by atoms with Crippen molar-refractivity contribution >= 4 is 5.91 Å². The van der Waals surface area contributed by atoms with Gasteiger partial charge in [0.05, 0.1) is 23.8 Å². The third kappa shape index (κ3) is 2.60. The fourth-order valence-corrected chi connectivity index (χ4v) is 4.92. The van der Waals surface area contributed by atoms with Crippen molar-refractivity contribution in [2.75, 3.05) is 6.61 Å². The first-order valence-corrected chi connectivity index (χ1v) is 9.15. The summed E-state index contributed by atoms with van der Waals surface area (Å²) < 4.78 is 0. The van der Waals surface area contributed by atoms with Crippen LogP contribution in [0.1, 0.15) is 40.7 Å². The van der Waals surface area contributed by atoms with Crippen LogP contribution in [0.15, 0.2) is 54.6 Å². The van der Waals surface area contributed by atoms with Crippen LogP contribution in [0.2, 0.25) is 0 Å². The minimum atomic E-state index is -0.290. The molecule has 3 atom stereocenters. The number of carbonyl (C=O) groups excluding carboxylic acids is 1. The van der Waals surface area contributed by atoms with Crippen molar-refractivity contribution in [2.24, 2.45) is 5.41 Å². The normalized spacial score (nSPS) is 26.7. The van der Waals surface area contributed by atoms with Gasteiger partial charge in [0.1, 0.15) is 0 Å². The smallest absolute Gasteiger partial charge is 0.255 e. The van der Waals surface area contributed by atoms with E-state index in [1.54, 1.807) is 24.3 Å². The molecule has 2 aromatic carbocycles. The van der Waals surface area contributed by atoms with Gasteiger partial charge < -0.3 is 10.0 Å². The Balaban J connectivity index is 1.65. The van der Waals surface area contributed by atoms with Gasteiger partial charge in [-0.25, -0.2) is 0 Å². The number of rotatable bonds is 4. The lowest BCUT2D eigenvalue weighted by molar-refractivity contribution is 0.0571. The molecule has 2 aliphatic rings. The second-order valence-electron chi connectivity index (χ2n) is 7.50. The topological polar surface area (TPSA) is 64.3 Å². The molecule has 2 aliphatic heterocycles. The van der Waals surface area contributed by atoms with Gasteiger partial charge in [0, 0.05) is 17.5 Å². The Labute approximate surface area is 153 Å². The summed E-state index contributed by atoms with van der Waals surface area (Å²) in [5.74, 6) is -0.0713. The van der Waals surface area contributed by atoms with E-state index in [2.05, 4.69) is 18.2 Å². The number of fused-ring (bicyclic) bond motifs is 2. The number of hydrogen-bond acceptors (Lipinski definition) is 3. The highest BCUT2D eigenvalue weighted by Gasteiger charge is 2.57. The van der Waals surface area contributed by atoms with Gasteiger partial charge in [-0.15, -0.1) is 0 Å². The zero-order valence-corrected chi connectivity index (χ0v) is 14.6. The van der Waals surface area contributed by atoms with Crippen LogP contribution < -0.4 is 0 Å². The minimum Gasteiger partial charge on any atom is -0.396 e. The largest absolute Gasteiger partial charge is 0.396 e. The molecule has 4 rings (SSSR count). The maximum atomic E-state index is 13.2.